The average molecular weight is 430 g/mol. The van der Waals surface area contributed by atoms with Crippen molar-refractivity contribution in [3.8, 4) is 5.69 Å². The molecule has 0 saturated heterocycles. The van der Waals surface area contributed by atoms with Crippen molar-refractivity contribution in [2.75, 3.05) is 19.8 Å². The molecule has 30 heavy (non-hydrogen) atoms. The number of fused-ring (bicyclic) bond motifs is 1. The van der Waals surface area contributed by atoms with Crippen LogP contribution in [-0.4, -0.2) is 40.5 Å². The molecular weight excluding hydrogens is 405 g/mol. The van der Waals surface area contributed by atoms with E-state index in [1.807, 2.05) is 6.92 Å². The Balaban J connectivity index is 1.91. The highest BCUT2D eigenvalue weighted by molar-refractivity contribution is 8.00. The van der Waals surface area contributed by atoms with E-state index >= 15 is 0 Å². The standard InChI is InChI=1S/C22H24FN3O3S/c1-3-29-14-8-13-24-20(27)15(2)30-22-25-18-11-6-4-9-16(18)21(28)26(22)19-12-7-5-10-17(19)23/h4-7,9-12,15H,3,8,13-14H2,1-2H3,(H,24,27). The van der Waals surface area contributed by atoms with Crippen LogP contribution in [0.3, 0.4) is 0 Å². The molecule has 0 spiro atoms. The van der Waals surface area contributed by atoms with E-state index in [1.165, 1.54) is 16.7 Å². The first-order valence-corrected chi connectivity index (χ1v) is 10.7. The number of nitrogens with zero attached hydrogens (tertiary/aromatic N) is 2. The van der Waals surface area contributed by atoms with E-state index in [0.717, 1.165) is 11.8 Å². The molecule has 1 atom stereocenters. The van der Waals surface area contributed by atoms with Gasteiger partial charge in [0.2, 0.25) is 5.91 Å². The number of para-hydroxylation sites is 2. The monoisotopic (exact) mass is 429 g/mol. The van der Waals surface area contributed by atoms with Crippen molar-refractivity contribution >= 4 is 28.6 Å². The van der Waals surface area contributed by atoms with Gasteiger partial charge in [-0.2, -0.15) is 0 Å². The van der Waals surface area contributed by atoms with Crippen LogP contribution in [0, 0.1) is 5.82 Å². The van der Waals surface area contributed by atoms with Gasteiger partial charge in [-0.05, 0) is 44.5 Å². The highest BCUT2D eigenvalue weighted by Gasteiger charge is 2.21. The Labute approximate surface area is 178 Å². The highest BCUT2D eigenvalue weighted by atomic mass is 32.2. The number of halogens is 1. The number of carbonyl (C=O) groups excluding carboxylic acids is 1. The number of aromatic nitrogens is 2. The van der Waals surface area contributed by atoms with Gasteiger partial charge in [0.15, 0.2) is 5.16 Å². The number of amides is 1. The summed E-state index contributed by atoms with van der Waals surface area (Å²) in [7, 11) is 0. The van der Waals surface area contributed by atoms with Crippen LogP contribution >= 0.6 is 11.8 Å². The summed E-state index contributed by atoms with van der Waals surface area (Å²) in [6.45, 7) is 5.37. The molecular formula is C22H24FN3O3S. The number of thioether (sulfide) groups is 1. The van der Waals surface area contributed by atoms with Gasteiger partial charge in [0.25, 0.3) is 5.56 Å². The van der Waals surface area contributed by atoms with Crippen molar-refractivity contribution < 1.29 is 13.9 Å². The Kier molecular flexibility index (Phi) is 7.59. The van der Waals surface area contributed by atoms with Gasteiger partial charge in [0.05, 0.1) is 21.8 Å². The predicted octanol–water partition coefficient (Wildman–Crippen LogP) is 3.55. The molecule has 1 amide bonds. The van der Waals surface area contributed by atoms with E-state index in [1.54, 1.807) is 43.3 Å². The molecule has 0 aliphatic rings. The largest absolute Gasteiger partial charge is 0.382 e. The van der Waals surface area contributed by atoms with Crippen LogP contribution in [0.4, 0.5) is 4.39 Å². The maximum absolute atomic E-state index is 14.5. The number of benzene rings is 2. The molecule has 3 aromatic rings. The summed E-state index contributed by atoms with van der Waals surface area (Å²) < 4.78 is 21.0. The van der Waals surface area contributed by atoms with E-state index in [4.69, 9.17) is 4.74 Å². The second kappa shape index (κ2) is 10.4. The Bertz CT molecular complexity index is 1090. The van der Waals surface area contributed by atoms with Crippen molar-refractivity contribution in [2.24, 2.45) is 0 Å². The van der Waals surface area contributed by atoms with Crippen LogP contribution in [0.25, 0.3) is 16.6 Å². The third-order valence-electron chi connectivity index (χ3n) is 4.46. The van der Waals surface area contributed by atoms with E-state index in [9.17, 15) is 14.0 Å². The number of rotatable bonds is 9. The zero-order valence-electron chi connectivity index (χ0n) is 16.9. The second-order valence-electron chi connectivity index (χ2n) is 6.61. The molecule has 6 nitrogen and oxygen atoms in total. The van der Waals surface area contributed by atoms with Gasteiger partial charge in [0, 0.05) is 19.8 Å². The summed E-state index contributed by atoms with van der Waals surface area (Å²) >= 11 is 1.12. The molecule has 1 aromatic heterocycles. The minimum absolute atomic E-state index is 0.104. The molecule has 2 aromatic carbocycles. The summed E-state index contributed by atoms with van der Waals surface area (Å²) in [6.07, 6.45) is 0.713. The van der Waals surface area contributed by atoms with Crippen LogP contribution < -0.4 is 10.9 Å². The second-order valence-corrected chi connectivity index (χ2v) is 7.91. The lowest BCUT2D eigenvalue weighted by molar-refractivity contribution is -0.120. The summed E-state index contributed by atoms with van der Waals surface area (Å²) in [4.78, 5) is 30.2. The van der Waals surface area contributed by atoms with Crippen LogP contribution in [0.15, 0.2) is 58.5 Å². The fourth-order valence-electron chi connectivity index (χ4n) is 2.92. The summed E-state index contributed by atoms with van der Waals surface area (Å²) in [5.41, 5.74) is 0.229. The van der Waals surface area contributed by atoms with Crippen molar-refractivity contribution in [2.45, 2.75) is 30.7 Å². The Morgan fingerprint density at radius 1 is 1.23 bits per heavy atom. The molecule has 0 radical (unpaired) electrons. The lowest BCUT2D eigenvalue weighted by Gasteiger charge is -2.17. The minimum atomic E-state index is -0.536. The van der Waals surface area contributed by atoms with Gasteiger partial charge >= 0.3 is 0 Å². The van der Waals surface area contributed by atoms with Gasteiger partial charge in [-0.3, -0.25) is 14.2 Å². The number of ether oxygens (including phenoxy) is 1. The van der Waals surface area contributed by atoms with Gasteiger partial charge in [-0.25, -0.2) is 9.37 Å². The maximum Gasteiger partial charge on any atom is 0.266 e. The van der Waals surface area contributed by atoms with Gasteiger partial charge < -0.3 is 10.1 Å². The highest BCUT2D eigenvalue weighted by Crippen LogP contribution is 2.26. The maximum atomic E-state index is 14.5. The fraction of sp³-hybridized carbons (Fsp3) is 0.318. The molecule has 0 fully saturated rings. The van der Waals surface area contributed by atoms with Gasteiger partial charge in [0.1, 0.15) is 5.82 Å². The number of nitrogens with one attached hydrogen (secondary N) is 1. The molecule has 0 saturated carbocycles. The molecule has 1 unspecified atom stereocenters. The zero-order chi connectivity index (χ0) is 21.5. The van der Waals surface area contributed by atoms with Crippen molar-refractivity contribution in [1.82, 2.24) is 14.9 Å². The first-order valence-electron chi connectivity index (χ1n) is 9.81. The summed E-state index contributed by atoms with van der Waals surface area (Å²) in [5.74, 6) is -0.717. The zero-order valence-corrected chi connectivity index (χ0v) is 17.7. The van der Waals surface area contributed by atoms with E-state index in [0.29, 0.717) is 37.1 Å². The Morgan fingerprint density at radius 2 is 1.97 bits per heavy atom. The number of hydrogen-bond donors (Lipinski definition) is 1. The van der Waals surface area contributed by atoms with E-state index in [2.05, 4.69) is 10.3 Å². The fourth-order valence-corrected chi connectivity index (χ4v) is 3.87. The Morgan fingerprint density at radius 3 is 2.73 bits per heavy atom. The molecule has 1 heterocycles. The molecule has 1 N–H and O–H groups in total. The van der Waals surface area contributed by atoms with Gasteiger partial charge in [-0.15, -0.1) is 0 Å². The molecule has 3 rings (SSSR count). The molecule has 0 aliphatic carbocycles. The van der Waals surface area contributed by atoms with Crippen molar-refractivity contribution in [1.29, 1.82) is 0 Å². The first-order chi connectivity index (χ1) is 14.5. The van der Waals surface area contributed by atoms with E-state index < -0.39 is 11.1 Å². The van der Waals surface area contributed by atoms with E-state index in [-0.39, 0.29) is 22.3 Å². The van der Waals surface area contributed by atoms with Crippen LogP contribution in [0.1, 0.15) is 20.3 Å². The number of carbonyl (C=O) groups is 1. The van der Waals surface area contributed by atoms with Crippen molar-refractivity contribution in [3.63, 3.8) is 0 Å². The first kappa shape index (κ1) is 22.0. The topological polar surface area (TPSA) is 73.2 Å². The SMILES string of the molecule is CCOCCCNC(=O)C(C)Sc1nc2ccccc2c(=O)n1-c1ccccc1F. The smallest absolute Gasteiger partial charge is 0.266 e. The van der Waals surface area contributed by atoms with Crippen LogP contribution in [-0.2, 0) is 9.53 Å². The minimum Gasteiger partial charge on any atom is -0.382 e. The normalized spacial score (nSPS) is 12.1. The number of hydrogen-bond acceptors (Lipinski definition) is 5. The Hall–Kier alpha value is -2.71. The lowest BCUT2D eigenvalue weighted by Crippen LogP contribution is -2.33. The third-order valence-corrected chi connectivity index (χ3v) is 5.51. The quantitative estimate of drug-likeness (QED) is 0.320. The predicted molar refractivity (Wildman–Crippen MR) is 117 cm³/mol. The molecule has 0 bridgehead atoms. The summed E-state index contributed by atoms with van der Waals surface area (Å²) in [5, 5.41) is 2.98. The van der Waals surface area contributed by atoms with Crippen LogP contribution in [0.5, 0.6) is 0 Å². The lowest BCUT2D eigenvalue weighted by atomic mass is 10.2. The third kappa shape index (κ3) is 5.06. The molecule has 158 valence electrons. The van der Waals surface area contributed by atoms with Gasteiger partial charge in [-0.1, -0.05) is 36.0 Å². The molecule has 8 heteroatoms. The average Bonchev–Trinajstić information content (AvgIpc) is 2.74. The summed E-state index contributed by atoms with van der Waals surface area (Å²) in [6, 6.07) is 12.9. The van der Waals surface area contributed by atoms with Crippen LogP contribution in [0.2, 0.25) is 0 Å². The van der Waals surface area contributed by atoms with Crippen molar-refractivity contribution in [3.05, 3.63) is 64.7 Å². The molecule has 0 aliphatic heterocycles.